The molecule has 11 aromatic carbocycles. The number of anilines is 3. The van der Waals surface area contributed by atoms with Gasteiger partial charge in [0.15, 0.2) is 0 Å². The van der Waals surface area contributed by atoms with E-state index in [0.29, 0.717) is 0 Å². The van der Waals surface area contributed by atoms with Crippen molar-refractivity contribution in [2.45, 2.75) is 5.41 Å². The van der Waals surface area contributed by atoms with Crippen LogP contribution in [0.1, 0.15) is 22.3 Å². The molecule has 2 aromatic heterocycles. The molecule has 0 saturated heterocycles. The first-order valence-electron chi connectivity index (χ1n) is 22.6. The highest BCUT2D eigenvalue weighted by atomic mass is 16.3. The molecule has 0 unspecified atom stereocenters. The summed E-state index contributed by atoms with van der Waals surface area (Å²) < 4.78 is 13.3. The molecule has 0 fully saturated rings. The number of nitrogens with zero attached hydrogens (tertiary/aromatic N) is 1. The van der Waals surface area contributed by atoms with Crippen LogP contribution in [0, 0.1) is 0 Å². The summed E-state index contributed by atoms with van der Waals surface area (Å²) in [7, 11) is 0. The zero-order chi connectivity index (χ0) is 43.3. The van der Waals surface area contributed by atoms with Crippen molar-refractivity contribution in [1.29, 1.82) is 0 Å². The Kier molecular flexibility index (Phi) is 7.90. The minimum atomic E-state index is -0.430. The predicted molar refractivity (Wildman–Crippen MR) is 273 cm³/mol. The molecule has 2 heterocycles. The van der Waals surface area contributed by atoms with Gasteiger partial charge in [-0.3, -0.25) is 0 Å². The molecule has 308 valence electrons. The van der Waals surface area contributed by atoms with E-state index in [1.165, 1.54) is 55.1 Å². The van der Waals surface area contributed by atoms with Crippen LogP contribution < -0.4 is 4.90 Å². The maximum atomic E-state index is 6.77. The van der Waals surface area contributed by atoms with E-state index in [0.717, 1.165) is 71.9 Å². The standard InChI is InChI=1S/C63H39NO2/c1-3-16-43(17-4-1)63(44-18-5-2-6-19-44)56-25-13-11-22-49(56)54-35-40(27-33-57(54)63)41-28-34-60-55(36-41)53-32-30-46(39-62(53)66-60)64(45-29-31-52-51-24-12-14-26-59(51)65-61(52)38-45)58-37-42-15-7-8-20-47(42)48-21-9-10-23-50(48)58/h1-39H. The number of fused-ring (bicyclic) bond motifs is 12. The summed E-state index contributed by atoms with van der Waals surface area (Å²) >= 11 is 0. The van der Waals surface area contributed by atoms with Crippen LogP contribution in [-0.2, 0) is 5.41 Å². The Labute approximate surface area is 381 Å². The predicted octanol–water partition coefficient (Wildman–Crippen LogP) is 17.3. The zero-order valence-corrected chi connectivity index (χ0v) is 35.8. The Hall–Kier alpha value is -8.66. The molecular weight excluding hydrogens is 803 g/mol. The van der Waals surface area contributed by atoms with Gasteiger partial charge in [-0.1, -0.05) is 170 Å². The molecule has 0 aliphatic heterocycles. The van der Waals surface area contributed by atoms with Gasteiger partial charge in [0.05, 0.1) is 11.1 Å². The monoisotopic (exact) mass is 841 g/mol. The molecule has 0 atom stereocenters. The third-order valence-corrected chi connectivity index (χ3v) is 14.1. The summed E-state index contributed by atoms with van der Waals surface area (Å²) in [5.41, 5.74) is 16.1. The van der Waals surface area contributed by atoms with E-state index >= 15 is 0 Å². The first kappa shape index (κ1) is 36.8. The van der Waals surface area contributed by atoms with Crippen LogP contribution in [0.4, 0.5) is 17.1 Å². The quantitative estimate of drug-likeness (QED) is 0.156. The van der Waals surface area contributed by atoms with Crippen LogP contribution in [0.15, 0.2) is 245 Å². The minimum absolute atomic E-state index is 0.430. The number of hydrogen-bond donors (Lipinski definition) is 0. The third-order valence-electron chi connectivity index (χ3n) is 14.1. The van der Waals surface area contributed by atoms with Crippen LogP contribution >= 0.6 is 0 Å². The fraction of sp³-hybridized carbons (Fsp3) is 0.0159. The van der Waals surface area contributed by atoms with E-state index in [1.807, 2.05) is 12.1 Å². The molecule has 1 aliphatic rings. The molecule has 0 radical (unpaired) electrons. The van der Waals surface area contributed by atoms with Gasteiger partial charge in [0.25, 0.3) is 0 Å². The van der Waals surface area contributed by atoms with Gasteiger partial charge in [-0.15, -0.1) is 0 Å². The van der Waals surface area contributed by atoms with Crippen molar-refractivity contribution >= 4 is 82.5 Å². The van der Waals surface area contributed by atoms with Crippen molar-refractivity contribution in [3.63, 3.8) is 0 Å². The zero-order valence-electron chi connectivity index (χ0n) is 35.8. The van der Waals surface area contributed by atoms with Crippen molar-refractivity contribution in [3.05, 3.63) is 259 Å². The lowest BCUT2D eigenvalue weighted by Gasteiger charge is -2.33. The topological polar surface area (TPSA) is 29.5 Å². The molecule has 3 heteroatoms. The normalized spacial score (nSPS) is 13.0. The van der Waals surface area contributed by atoms with Crippen molar-refractivity contribution in [1.82, 2.24) is 0 Å². The second kappa shape index (κ2) is 14.2. The lowest BCUT2D eigenvalue weighted by atomic mass is 9.67. The summed E-state index contributed by atoms with van der Waals surface area (Å²) in [6.45, 7) is 0. The van der Waals surface area contributed by atoms with Crippen molar-refractivity contribution in [3.8, 4) is 22.3 Å². The van der Waals surface area contributed by atoms with E-state index in [2.05, 4.69) is 229 Å². The lowest BCUT2D eigenvalue weighted by Crippen LogP contribution is -2.28. The van der Waals surface area contributed by atoms with E-state index < -0.39 is 5.41 Å². The van der Waals surface area contributed by atoms with Gasteiger partial charge >= 0.3 is 0 Å². The summed E-state index contributed by atoms with van der Waals surface area (Å²) in [6.07, 6.45) is 0. The molecular formula is C63H39NO2. The van der Waals surface area contributed by atoms with E-state index in [-0.39, 0.29) is 0 Å². The number of furan rings is 2. The van der Waals surface area contributed by atoms with Crippen LogP contribution in [0.3, 0.4) is 0 Å². The highest BCUT2D eigenvalue weighted by Gasteiger charge is 2.46. The fourth-order valence-electron chi connectivity index (χ4n) is 11.2. The van der Waals surface area contributed by atoms with Crippen LogP contribution in [0.2, 0.25) is 0 Å². The smallest absolute Gasteiger partial charge is 0.137 e. The van der Waals surface area contributed by atoms with Gasteiger partial charge in [-0.05, 0) is 115 Å². The molecule has 0 spiro atoms. The molecule has 0 N–H and O–H groups in total. The van der Waals surface area contributed by atoms with Crippen molar-refractivity contribution < 1.29 is 8.83 Å². The number of hydrogen-bond acceptors (Lipinski definition) is 3. The molecule has 13 aromatic rings. The average Bonchev–Trinajstić information content (AvgIpc) is 4.04. The van der Waals surface area contributed by atoms with Gasteiger partial charge in [0, 0.05) is 50.4 Å². The SMILES string of the molecule is c1ccc(C2(c3ccccc3)c3ccccc3-c3cc(-c4ccc5oc6cc(N(c7ccc8c(c7)oc7ccccc78)c7cc8ccccc8c8ccccc78)ccc6c5c4)ccc32)cc1. The minimum Gasteiger partial charge on any atom is -0.456 e. The van der Waals surface area contributed by atoms with Crippen LogP contribution in [-0.4, -0.2) is 0 Å². The molecule has 66 heavy (non-hydrogen) atoms. The molecule has 0 saturated carbocycles. The van der Waals surface area contributed by atoms with Gasteiger partial charge in [0.1, 0.15) is 22.3 Å². The molecule has 3 nitrogen and oxygen atoms in total. The Balaban J connectivity index is 0.923. The fourth-order valence-corrected chi connectivity index (χ4v) is 11.2. The first-order valence-corrected chi connectivity index (χ1v) is 22.6. The van der Waals surface area contributed by atoms with Crippen LogP contribution in [0.5, 0.6) is 0 Å². The maximum Gasteiger partial charge on any atom is 0.137 e. The van der Waals surface area contributed by atoms with Crippen molar-refractivity contribution in [2.75, 3.05) is 4.90 Å². The van der Waals surface area contributed by atoms with Gasteiger partial charge in [-0.2, -0.15) is 0 Å². The van der Waals surface area contributed by atoms with E-state index in [4.69, 9.17) is 8.83 Å². The summed E-state index contributed by atoms with van der Waals surface area (Å²) in [4.78, 5) is 2.35. The Morgan fingerprint density at radius 2 is 0.833 bits per heavy atom. The lowest BCUT2D eigenvalue weighted by molar-refractivity contribution is 0.669. The molecule has 0 amide bonds. The summed E-state index contributed by atoms with van der Waals surface area (Å²) in [6, 6.07) is 85.8. The number of para-hydroxylation sites is 1. The second-order valence-electron chi connectivity index (χ2n) is 17.6. The highest BCUT2D eigenvalue weighted by Crippen LogP contribution is 2.57. The maximum absolute atomic E-state index is 6.77. The third kappa shape index (κ3) is 5.32. The summed E-state index contributed by atoms with van der Waals surface area (Å²) in [5, 5.41) is 9.15. The average molecular weight is 842 g/mol. The highest BCUT2D eigenvalue weighted by molar-refractivity contribution is 6.16. The van der Waals surface area contributed by atoms with E-state index in [1.54, 1.807) is 0 Å². The Morgan fingerprint density at radius 3 is 1.58 bits per heavy atom. The molecule has 0 bridgehead atoms. The van der Waals surface area contributed by atoms with Crippen molar-refractivity contribution in [2.24, 2.45) is 0 Å². The largest absolute Gasteiger partial charge is 0.456 e. The second-order valence-corrected chi connectivity index (χ2v) is 17.6. The molecule has 1 aliphatic carbocycles. The summed E-state index contributed by atoms with van der Waals surface area (Å²) in [5.74, 6) is 0. The number of benzene rings is 11. The van der Waals surface area contributed by atoms with Gasteiger partial charge in [0.2, 0.25) is 0 Å². The Bertz CT molecular complexity index is 4030. The van der Waals surface area contributed by atoms with Crippen LogP contribution in [0.25, 0.3) is 87.7 Å². The molecule has 14 rings (SSSR count). The Morgan fingerprint density at radius 1 is 0.303 bits per heavy atom. The number of rotatable bonds is 6. The van der Waals surface area contributed by atoms with Gasteiger partial charge < -0.3 is 13.7 Å². The first-order chi connectivity index (χ1) is 32.7. The van der Waals surface area contributed by atoms with Gasteiger partial charge in [-0.25, -0.2) is 0 Å². The van der Waals surface area contributed by atoms with E-state index in [9.17, 15) is 0 Å².